The molecular weight excluding hydrogens is 1010 g/mol. The number of carbonyl (C=O) groups is 2. The summed E-state index contributed by atoms with van der Waals surface area (Å²) in [5.41, 5.74) is 4.01. The van der Waals surface area contributed by atoms with Crippen LogP contribution in [0.2, 0.25) is 0 Å². The molecule has 1 aliphatic rings. The minimum Gasteiger partial charge on any atom is -0.457 e. The predicted octanol–water partition coefficient (Wildman–Crippen LogP) is 12.8. The van der Waals surface area contributed by atoms with E-state index >= 15 is 9.59 Å². The van der Waals surface area contributed by atoms with Crippen LogP contribution >= 0.6 is 0 Å². The molecule has 0 atom stereocenters. The van der Waals surface area contributed by atoms with Crippen molar-refractivity contribution in [1.29, 1.82) is 0 Å². The van der Waals surface area contributed by atoms with Crippen molar-refractivity contribution in [3.05, 3.63) is 167 Å². The highest BCUT2D eigenvalue weighted by molar-refractivity contribution is 7.86. The smallest absolute Gasteiger partial charge is 0.296 e. The maximum atomic E-state index is 15.5. The zero-order valence-electron chi connectivity index (χ0n) is 41.3. The van der Waals surface area contributed by atoms with E-state index in [0.29, 0.717) is 62.8 Å². The van der Waals surface area contributed by atoms with Crippen LogP contribution in [0.1, 0.15) is 102 Å². The highest BCUT2D eigenvalue weighted by Crippen LogP contribution is 2.53. The van der Waals surface area contributed by atoms with Crippen molar-refractivity contribution in [2.75, 3.05) is 11.5 Å². The van der Waals surface area contributed by atoms with Gasteiger partial charge in [-0.15, -0.1) is 0 Å². The summed E-state index contributed by atoms with van der Waals surface area (Å²) in [7, 11) is -11.4. The number of ether oxygens (including phenoxy) is 2. The predicted molar refractivity (Wildman–Crippen MR) is 290 cm³/mol. The number of fused-ring (bicyclic) bond motifs is 2. The zero-order valence-corrected chi connectivity index (χ0v) is 43.9. The topological polar surface area (TPSA) is 188 Å². The van der Waals surface area contributed by atoms with Gasteiger partial charge in [0.1, 0.15) is 23.0 Å². The van der Waals surface area contributed by atoms with Crippen LogP contribution in [0.3, 0.4) is 0 Å². The van der Waals surface area contributed by atoms with Crippen LogP contribution < -0.4 is 14.4 Å². The summed E-state index contributed by atoms with van der Waals surface area (Å²) in [5.74, 6) is 6.10. The molecule has 0 spiro atoms. The van der Waals surface area contributed by atoms with Crippen LogP contribution in [0.25, 0.3) is 43.1 Å². The number of nitrogens with zero attached hydrogens (tertiary/aromatic N) is 1. The summed E-state index contributed by atoms with van der Waals surface area (Å²) < 4.78 is 102. The number of anilines is 1. The Morgan fingerprint density at radius 1 is 0.600 bits per heavy atom. The van der Waals surface area contributed by atoms with Gasteiger partial charge in [-0.3, -0.25) is 18.3 Å². The van der Waals surface area contributed by atoms with Gasteiger partial charge in [0.15, 0.2) is 10.7 Å². The van der Waals surface area contributed by atoms with Gasteiger partial charge < -0.3 is 9.47 Å². The molecule has 1 heterocycles. The number of thiol groups is 1. The Morgan fingerprint density at radius 2 is 1.13 bits per heavy atom. The maximum Gasteiger partial charge on any atom is 0.296 e. The Bertz CT molecular complexity index is 4140. The Hall–Kier alpha value is -7.65. The van der Waals surface area contributed by atoms with E-state index in [9.17, 15) is 29.8 Å². The SMILES string of the molecule is Cc1ccc(S(=O)(=O)OCCCCC#Cc2ccc3c4c(Oc5ccc([SH](=O)=O)cc5)cc5c6c(cc(Oc7ccc(S(=O)(=O)O)cc7)c(c7cccc2c73)c64)C(=O)N(c2c(C(C)C)cccc2C(C)C)C5=O)cc1. The summed E-state index contributed by atoms with van der Waals surface area (Å²) >= 11 is 0. The molecule has 9 aromatic carbocycles. The Labute approximate surface area is 435 Å². The quantitative estimate of drug-likeness (QED) is 0.0145. The summed E-state index contributed by atoms with van der Waals surface area (Å²) in [4.78, 5) is 32.1. The van der Waals surface area contributed by atoms with Crippen molar-refractivity contribution < 1.29 is 53.1 Å². The molecule has 0 aromatic heterocycles. The van der Waals surface area contributed by atoms with E-state index in [1.54, 1.807) is 24.3 Å². The van der Waals surface area contributed by atoms with E-state index in [0.717, 1.165) is 27.5 Å². The van der Waals surface area contributed by atoms with E-state index in [1.165, 1.54) is 65.6 Å². The lowest BCUT2D eigenvalue weighted by Crippen LogP contribution is -2.42. The number of unbranched alkanes of at least 4 members (excludes halogenated alkanes) is 2. The standard InChI is InChI=1S/C59H49NO12S3/c1-34(2)43-13-10-14-44(35(3)4)57(43)60-58(61)48-32-50(72-39-22-28-41(29-23-39)74(65,66)67)54-46-16-11-15-45-37(12-8-6-7-9-31-70-75(68,69)42-26-17-36(5)18-27-42)19-30-47(52(45)46)55-51(33-49(59(60)62)53(48)56(54)55)71-38-20-24-40(25-21-38)73(63)64/h10-11,13-30,32-35,73H,6-7,9,31H2,1-5H3,(H,65,66,67). The molecule has 10 rings (SSSR count). The molecule has 9 aromatic rings. The zero-order chi connectivity index (χ0) is 53.1. The number of para-hydroxylation sites is 1. The normalized spacial score (nSPS) is 13.0. The number of hydrogen-bond acceptors (Lipinski definition) is 11. The van der Waals surface area contributed by atoms with E-state index in [4.69, 9.17) is 13.7 Å². The second-order valence-corrected chi connectivity index (χ2v) is 23.1. The van der Waals surface area contributed by atoms with Gasteiger partial charge >= 0.3 is 0 Å². The Balaban J connectivity index is 1.18. The fraction of sp³-hybridized carbons (Fsp3) is 0.186. The van der Waals surface area contributed by atoms with E-state index in [1.807, 2.05) is 83.1 Å². The second-order valence-electron chi connectivity index (χ2n) is 19.0. The number of rotatable bonds is 15. The number of aryl methyl sites for hydroxylation is 1. The summed E-state index contributed by atoms with van der Waals surface area (Å²) in [6.07, 6.45) is 1.45. The number of imide groups is 1. The van der Waals surface area contributed by atoms with E-state index in [-0.39, 0.29) is 67.3 Å². The van der Waals surface area contributed by atoms with Gasteiger partial charge in [-0.2, -0.15) is 16.8 Å². The van der Waals surface area contributed by atoms with Crippen LogP contribution in [0, 0.1) is 18.8 Å². The van der Waals surface area contributed by atoms with Crippen LogP contribution in [-0.2, 0) is 35.1 Å². The molecule has 0 bridgehead atoms. The average Bonchev–Trinajstić information content (AvgIpc) is 3.41. The molecule has 0 saturated heterocycles. The van der Waals surface area contributed by atoms with Crippen molar-refractivity contribution in [3.63, 3.8) is 0 Å². The third kappa shape index (κ3) is 9.47. The van der Waals surface area contributed by atoms with Gasteiger partial charge in [0.2, 0.25) is 0 Å². The maximum absolute atomic E-state index is 15.5. The first-order valence-corrected chi connectivity index (χ1v) is 28.2. The molecule has 0 unspecified atom stereocenters. The molecule has 0 aliphatic carbocycles. The van der Waals surface area contributed by atoms with Gasteiger partial charge in [0.25, 0.3) is 32.1 Å². The first-order valence-electron chi connectivity index (χ1n) is 24.2. The molecule has 1 N–H and O–H groups in total. The van der Waals surface area contributed by atoms with Crippen molar-refractivity contribution in [1.82, 2.24) is 0 Å². The second kappa shape index (κ2) is 19.9. The van der Waals surface area contributed by atoms with Crippen LogP contribution in [0.4, 0.5) is 5.69 Å². The van der Waals surface area contributed by atoms with Crippen LogP contribution in [-0.4, -0.2) is 48.2 Å². The number of carbonyl (C=O) groups excluding carboxylic acids is 2. The minimum absolute atomic E-state index is 0.00501. The van der Waals surface area contributed by atoms with Gasteiger partial charge in [-0.1, -0.05) is 99.7 Å². The lowest BCUT2D eigenvalue weighted by Gasteiger charge is -2.33. The molecule has 2 amide bonds. The van der Waals surface area contributed by atoms with Crippen molar-refractivity contribution in [2.45, 2.75) is 80.4 Å². The van der Waals surface area contributed by atoms with Gasteiger partial charge in [-0.25, -0.2) is 13.3 Å². The largest absolute Gasteiger partial charge is 0.457 e. The Morgan fingerprint density at radius 3 is 1.69 bits per heavy atom. The first kappa shape index (κ1) is 50.9. The Kier molecular flexibility index (Phi) is 13.5. The molecule has 1 aliphatic heterocycles. The summed E-state index contributed by atoms with van der Waals surface area (Å²) in [5, 5.41) is 4.69. The minimum atomic E-state index is -4.55. The third-order valence-electron chi connectivity index (χ3n) is 13.4. The fourth-order valence-electron chi connectivity index (χ4n) is 9.84. The van der Waals surface area contributed by atoms with Gasteiger partial charge in [-0.05, 0) is 143 Å². The molecule has 16 heteroatoms. The third-order valence-corrected chi connectivity index (χ3v) is 16.4. The molecule has 0 saturated carbocycles. The summed E-state index contributed by atoms with van der Waals surface area (Å²) in [6.45, 7) is 9.85. The molecule has 13 nitrogen and oxygen atoms in total. The molecule has 380 valence electrons. The van der Waals surface area contributed by atoms with Crippen molar-refractivity contribution in [2.24, 2.45) is 0 Å². The lowest BCUT2D eigenvalue weighted by atomic mass is 9.82. The average molecular weight is 1060 g/mol. The fourth-order valence-corrected chi connectivity index (χ4v) is 11.7. The van der Waals surface area contributed by atoms with Gasteiger partial charge in [0, 0.05) is 33.5 Å². The molecule has 75 heavy (non-hydrogen) atoms. The highest BCUT2D eigenvalue weighted by Gasteiger charge is 2.40. The highest BCUT2D eigenvalue weighted by atomic mass is 32.2. The first-order chi connectivity index (χ1) is 35.8. The lowest BCUT2D eigenvalue weighted by molar-refractivity contribution is 0.0892. The van der Waals surface area contributed by atoms with Crippen LogP contribution in [0.5, 0.6) is 23.0 Å². The van der Waals surface area contributed by atoms with Crippen molar-refractivity contribution in [3.8, 4) is 34.8 Å². The van der Waals surface area contributed by atoms with Gasteiger partial charge in [0.05, 0.1) is 38.1 Å². The summed E-state index contributed by atoms with van der Waals surface area (Å²) in [6, 6.07) is 36.0. The molecule has 0 radical (unpaired) electrons. The number of hydrogen-bond donors (Lipinski definition) is 2. The number of benzene rings is 9. The molecular formula is C59H49NO12S3. The van der Waals surface area contributed by atoms with E-state index < -0.39 is 42.8 Å². The molecule has 0 fully saturated rings. The number of amides is 2. The monoisotopic (exact) mass is 1060 g/mol. The van der Waals surface area contributed by atoms with Crippen molar-refractivity contribution >= 4 is 91.5 Å². The van der Waals surface area contributed by atoms with E-state index in [2.05, 4.69) is 11.8 Å². The van der Waals surface area contributed by atoms with Crippen LogP contribution in [0.15, 0.2) is 148 Å².